The first-order valence-electron chi connectivity index (χ1n) is 7.97. The molecule has 3 N–H and O–H groups in total. The van der Waals surface area contributed by atoms with Crippen LogP contribution in [0.3, 0.4) is 0 Å². The fraction of sp³-hybridized carbons (Fsp3) is 0.263. The van der Waals surface area contributed by atoms with Crippen molar-refractivity contribution in [1.82, 2.24) is 9.97 Å². The van der Waals surface area contributed by atoms with Gasteiger partial charge in [0.25, 0.3) is 0 Å². The van der Waals surface area contributed by atoms with Crippen molar-refractivity contribution in [3.63, 3.8) is 0 Å². The highest BCUT2D eigenvalue weighted by molar-refractivity contribution is 5.89. The van der Waals surface area contributed by atoms with Gasteiger partial charge in [0.2, 0.25) is 5.88 Å². The number of ether oxygens (including phenoxy) is 2. The van der Waals surface area contributed by atoms with Gasteiger partial charge in [0, 0.05) is 29.4 Å². The molecule has 0 aliphatic carbocycles. The number of para-hydroxylation sites is 1. The van der Waals surface area contributed by atoms with Crippen molar-refractivity contribution in [2.75, 3.05) is 7.11 Å². The number of fused-ring (bicyclic) bond motifs is 1. The molecule has 0 aliphatic heterocycles. The molecule has 2 heterocycles. The molecule has 0 saturated carbocycles. The van der Waals surface area contributed by atoms with Gasteiger partial charge in [-0.05, 0) is 38.0 Å². The second kappa shape index (κ2) is 6.57. The molecule has 0 unspecified atom stereocenters. The zero-order chi connectivity index (χ0) is 18.0. The summed E-state index contributed by atoms with van der Waals surface area (Å²) in [6.45, 7) is 4.00. The summed E-state index contributed by atoms with van der Waals surface area (Å²) in [5.41, 5.74) is 8.25. The van der Waals surface area contributed by atoms with E-state index in [1.54, 1.807) is 12.1 Å². The van der Waals surface area contributed by atoms with Crippen LogP contribution in [0.2, 0.25) is 0 Å². The fourth-order valence-corrected chi connectivity index (χ4v) is 2.70. The molecule has 0 amide bonds. The fourth-order valence-electron chi connectivity index (χ4n) is 2.70. The molecule has 1 aromatic carbocycles. The number of H-pyrrole nitrogens is 1. The van der Waals surface area contributed by atoms with Gasteiger partial charge in [-0.15, -0.1) is 0 Å². The largest absolute Gasteiger partial charge is 0.465 e. The number of pyridine rings is 1. The van der Waals surface area contributed by atoms with Crippen LogP contribution >= 0.6 is 0 Å². The van der Waals surface area contributed by atoms with E-state index in [2.05, 4.69) is 14.7 Å². The number of nitrogens with zero attached hydrogens (tertiary/aromatic N) is 1. The smallest absolute Gasteiger partial charge is 0.339 e. The summed E-state index contributed by atoms with van der Waals surface area (Å²) in [4.78, 5) is 18.9. The molecule has 0 spiro atoms. The molecule has 0 atom stereocenters. The van der Waals surface area contributed by atoms with Crippen LogP contribution in [0.4, 0.5) is 0 Å². The van der Waals surface area contributed by atoms with Crippen LogP contribution in [0, 0.1) is 0 Å². The molecular formula is C19H21N3O3. The van der Waals surface area contributed by atoms with Gasteiger partial charge >= 0.3 is 5.97 Å². The second-order valence-electron chi connectivity index (χ2n) is 6.64. The zero-order valence-electron chi connectivity index (χ0n) is 14.5. The maximum atomic E-state index is 11.5. The summed E-state index contributed by atoms with van der Waals surface area (Å²) in [7, 11) is 1.33. The Morgan fingerprint density at radius 2 is 2.08 bits per heavy atom. The summed E-state index contributed by atoms with van der Waals surface area (Å²) >= 11 is 0. The predicted octanol–water partition coefficient (Wildman–Crippen LogP) is 3.42. The number of aromatic nitrogens is 2. The topological polar surface area (TPSA) is 90.2 Å². The van der Waals surface area contributed by atoms with Crippen LogP contribution in [0.15, 0.2) is 42.7 Å². The van der Waals surface area contributed by atoms with E-state index in [0.29, 0.717) is 17.2 Å². The van der Waals surface area contributed by atoms with Gasteiger partial charge in [-0.2, -0.15) is 0 Å². The first-order valence-corrected chi connectivity index (χ1v) is 7.97. The maximum absolute atomic E-state index is 11.5. The van der Waals surface area contributed by atoms with E-state index in [4.69, 9.17) is 10.5 Å². The van der Waals surface area contributed by atoms with Gasteiger partial charge < -0.3 is 20.2 Å². The summed E-state index contributed by atoms with van der Waals surface area (Å²) < 4.78 is 10.5. The van der Waals surface area contributed by atoms with Gasteiger partial charge in [0.1, 0.15) is 0 Å². The van der Waals surface area contributed by atoms with E-state index >= 15 is 0 Å². The summed E-state index contributed by atoms with van der Waals surface area (Å²) in [6.07, 6.45) is 4.14. The highest BCUT2D eigenvalue weighted by Crippen LogP contribution is 2.31. The molecule has 2 aromatic heterocycles. The number of esters is 1. The lowest BCUT2D eigenvalue weighted by molar-refractivity contribution is 0.0600. The molecule has 3 aromatic rings. The molecule has 3 rings (SSSR count). The number of methoxy groups -OCH3 is 1. The molecular weight excluding hydrogens is 318 g/mol. The average molecular weight is 339 g/mol. The number of benzene rings is 1. The molecule has 6 heteroatoms. The van der Waals surface area contributed by atoms with Crippen molar-refractivity contribution in [3.05, 3.63) is 53.9 Å². The van der Waals surface area contributed by atoms with Crippen molar-refractivity contribution in [1.29, 1.82) is 0 Å². The second-order valence-corrected chi connectivity index (χ2v) is 6.64. The molecule has 130 valence electrons. The zero-order valence-corrected chi connectivity index (χ0v) is 14.5. The number of carbonyl (C=O) groups excluding carboxylic acids is 1. The number of nitrogens with two attached hydrogens (primary N) is 1. The number of aromatic amines is 1. The van der Waals surface area contributed by atoms with Crippen molar-refractivity contribution in [2.24, 2.45) is 5.73 Å². The van der Waals surface area contributed by atoms with Gasteiger partial charge in [0.15, 0.2) is 5.75 Å². The van der Waals surface area contributed by atoms with Gasteiger partial charge in [0.05, 0.1) is 18.2 Å². The molecule has 25 heavy (non-hydrogen) atoms. The third kappa shape index (κ3) is 3.80. The van der Waals surface area contributed by atoms with Crippen LogP contribution in [0.25, 0.3) is 10.9 Å². The minimum atomic E-state index is -0.431. The summed E-state index contributed by atoms with van der Waals surface area (Å²) in [5.74, 6) is 0.631. The minimum absolute atomic E-state index is 0.294. The van der Waals surface area contributed by atoms with Gasteiger partial charge in [-0.1, -0.05) is 12.1 Å². The number of nitrogens with one attached hydrogen (secondary N) is 1. The minimum Gasteiger partial charge on any atom is -0.465 e. The molecule has 0 aliphatic rings. The SMILES string of the molecule is COC(=O)c1ccc(Oc2cccc3c(CC(C)(C)N)c[nH]c23)nc1. The lowest BCUT2D eigenvalue weighted by Gasteiger charge is -2.17. The van der Waals surface area contributed by atoms with E-state index in [-0.39, 0.29) is 5.54 Å². The van der Waals surface area contributed by atoms with E-state index < -0.39 is 5.97 Å². The Bertz CT molecular complexity index is 892. The quantitative estimate of drug-likeness (QED) is 0.695. The van der Waals surface area contributed by atoms with Crippen LogP contribution < -0.4 is 10.5 Å². The van der Waals surface area contributed by atoms with Gasteiger partial charge in [-0.25, -0.2) is 9.78 Å². The van der Waals surface area contributed by atoms with Crippen molar-refractivity contribution >= 4 is 16.9 Å². The average Bonchev–Trinajstić information content (AvgIpc) is 2.97. The van der Waals surface area contributed by atoms with E-state index in [1.807, 2.05) is 38.2 Å². The third-order valence-corrected chi connectivity index (χ3v) is 3.78. The Hall–Kier alpha value is -2.86. The number of carbonyl (C=O) groups is 1. The molecule has 0 bridgehead atoms. The number of hydrogen-bond donors (Lipinski definition) is 2. The number of rotatable bonds is 5. The van der Waals surface area contributed by atoms with E-state index in [1.165, 1.54) is 13.3 Å². The Morgan fingerprint density at radius 3 is 2.72 bits per heavy atom. The van der Waals surface area contributed by atoms with Crippen LogP contribution in [-0.4, -0.2) is 28.6 Å². The lowest BCUT2D eigenvalue weighted by atomic mass is 9.96. The first kappa shape index (κ1) is 17.0. The molecule has 0 saturated heterocycles. The lowest BCUT2D eigenvalue weighted by Crippen LogP contribution is -2.34. The van der Waals surface area contributed by atoms with Crippen LogP contribution in [0.1, 0.15) is 29.8 Å². The molecule has 0 radical (unpaired) electrons. The highest BCUT2D eigenvalue weighted by atomic mass is 16.5. The molecule has 0 fully saturated rings. The summed E-state index contributed by atoms with van der Waals surface area (Å²) in [5, 5.41) is 1.07. The normalized spacial score (nSPS) is 11.5. The Kier molecular flexibility index (Phi) is 4.46. The third-order valence-electron chi connectivity index (χ3n) is 3.78. The van der Waals surface area contributed by atoms with Crippen LogP contribution in [0.5, 0.6) is 11.6 Å². The van der Waals surface area contributed by atoms with Crippen LogP contribution in [-0.2, 0) is 11.2 Å². The Morgan fingerprint density at radius 1 is 1.28 bits per heavy atom. The highest BCUT2D eigenvalue weighted by Gasteiger charge is 2.16. The standard InChI is InChI=1S/C19H21N3O3/c1-19(2,20)9-13-11-22-17-14(13)5-4-6-15(17)25-16-8-7-12(10-21-16)18(23)24-3/h4-8,10-11,22H,9,20H2,1-3H3. The number of hydrogen-bond acceptors (Lipinski definition) is 5. The first-order chi connectivity index (χ1) is 11.9. The van der Waals surface area contributed by atoms with Crippen molar-refractivity contribution < 1.29 is 14.3 Å². The van der Waals surface area contributed by atoms with Crippen molar-refractivity contribution in [2.45, 2.75) is 25.8 Å². The van der Waals surface area contributed by atoms with E-state index in [0.717, 1.165) is 22.9 Å². The maximum Gasteiger partial charge on any atom is 0.339 e. The Balaban J connectivity index is 1.88. The predicted molar refractivity (Wildman–Crippen MR) is 95.9 cm³/mol. The Labute approximate surface area is 146 Å². The monoisotopic (exact) mass is 339 g/mol. The van der Waals surface area contributed by atoms with Gasteiger partial charge in [-0.3, -0.25) is 0 Å². The summed E-state index contributed by atoms with van der Waals surface area (Å²) in [6, 6.07) is 9.09. The van der Waals surface area contributed by atoms with E-state index in [9.17, 15) is 4.79 Å². The van der Waals surface area contributed by atoms with Crippen molar-refractivity contribution in [3.8, 4) is 11.6 Å². The molecule has 6 nitrogen and oxygen atoms in total.